The lowest BCUT2D eigenvalue weighted by Gasteiger charge is -2.22. The van der Waals surface area contributed by atoms with E-state index in [9.17, 15) is 9.59 Å². The monoisotopic (exact) mass is 330 g/mol. The van der Waals surface area contributed by atoms with Gasteiger partial charge in [0.05, 0.1) is 24.9 Å². The molecule has 2 aromatic rings. The van der Waals surface area contributed by atoms with E-state index >= 15 is 0 Å². The lowest BCUT2D eigenvalue weighted by molar-refractivity contribution is -0.152. The van der Waals surface area contributed by atoms with Crippen molar-refractivity contribution < 1.29 is 14.3 Å². The number of benzene rings is 1. The Morgan fingerprint density at radius 1 is 1.29 bits per heavy atom. The lowest BCUT2D eigenvalue weighted by Crippen LogP contribution is -2.37. The van der Waals surface area contributed by atoms with Gasteiger partial charge in [-0.15, -0.1) is 0 Å². The number of ether oxygens (including phenoxy) is 1. The van der Waals surface area contributed by atoms with E-state index in [0.717, 1.165) is 5.56 Å². The molecule has 24 heavy (non-hydrogen) atoms. The Balaban J connectivity index is 2.01. The number of hydrogen-bond donors (Lipinski definition) is 2. The van der Waals surface area contributed by atoms with E-state index in [1.807, 2.05) is 12.1 Å². The number of anilines is 2. The van der Waals surface area contributed by atoms with Crippen LogP contribution in [-0.2, 0) is 26.3 Å². The van der Waals surface area contributed by atoms with Crippen molar-refractivity contribution in [2.75, 3.05) is 17.7 Å². The number of carbonyl (C=O) groups excluding carboxylic acids is 2. The van der Waals surface area contributed by atoms with Crippen LogP contribution >= 0.6 is 0 Å². The summed E-state index contributed by atoms with van der Waals surface area (Å²) < 4.78 is 6.52. The average molecular weight is 330 g/mol. The number of nitrogen functional groups attached to an aromatic ring is 1. The van der Waals surface area contributed by atoms with Crippen LogP contribution in [0, 0.1) is 0 Å². The molecule has 0 atom stereocenters. The van der Waals surface area contributed by atoms with Gasteiger partial charge in [0.1, 0.15) is 0 Å². The zero-order valence-electron chi connectivity index (χ0n) is 14.1. The normalized spacial score (nSPS) is 11.1. The molecule has 0 saturated carbocycles. The fourth-order valence-corrected chi connectivity index (χ4v) is 2.12. The van der Waals surface area contributed by atoms with Crippen LogP contribution in [0.5, 0.6) is 0 Å². The molecule has 2 rings (SSSR count). The average Bonchev–Trinajstić information content (AvgIpc) is 2.99. The maximum atomic E-state index is 12.1. The van der Waals surface area contributed by atoms with E-state index in [1.165, 1.54) is 10.9 Å². The zero-order valence-corrected chi connectivity index (χ0v) is 14.1. The second-order valence-electron chi connectivity index (χ2n) is 5.92. The fourth-order valence-electron chi connectivity index (χ4n) is 2.12. The van der Waals surface area contributed by atoms with Crippen LogP contribution in [0.25, 0.3) is 0 Å². The van der Waals surface area contributed by atoms with Crippen LogP contribution < -0.4 is 11.1 Å². The minimum absolute atomic E-state index is 0.173. The predicted octanol–water partition coefficient (Wildman–Crippen LogP) is 1.94. The Hall–Kier alpha value is -2.83. The second-order valence-corrected chi connectivity index (χ2v) is 5.92. The molecule has 0 aliphatic rings. The number of nitrogens with one attached hydrogen (secondary N) is 1. The molecule has 1 amide bonds. The number of carbonyl (C=O) groups is 2. The standard InChI is InChI=1S/C17H22N4O3/c1-4-24-16(23)17(2,3)21-11-14(10-19-21)20-15(22)9-12-5-7-13(18)8-6-12/h5-8,10-11H,4,9,18H2,1-3H3,(H,20,22). The maximum Gasteiger partial charge on any atom is 0.333 e. The highest BCUT2D eigenvalue weighted by atomic mass is 16.5. The van der Waals surface area contributed by atoms with Crippen molar-refractivity contribution in [1.29, 1.82) is 0 Å². The van der Waals surface area contributed by atoms with Gasteiger partial charge < -0.3 is 15.8 Å². The minimum atomic E-state index is -0.948. The van der Waals surface area contributed by atoms with Crippen LogP contribution in [0.2, 0.25) is 0 Å². The van der Waals surface area contributed by atoms with Crippen LogP contribution in [0.1, 0.15) is 26.3 Å². The number of aromatic nitrogens is 2. The maximum absolute atomic E-state index is 12.1. The molecule has 0 saturated heterocycles. The number of hydrogen-bond acceptors (Lipinski definition) is 5. The smallest absolute Gasteiger partial charge is 0.333 e. The molecule has 0 aliphatic heterocycles. The van der Waals surface area contributed by atoms with Gasteiger partial charge in [0.15, 0.2) is 5.54 Å². The zero-order chi connectivity index (χ0) is 17.7. The van der Waals surface area contributed by atoms with Gasteiger partial charge in [0.25, 0.3) is 0 Å². The predicted molar refractivity (Wildman–Crippen MR) is 91.4 cm³/mol. The van der Waals surface area contributed by atoms with E-state index in [1.54, 1.807) is 39.1 Å². The van der Waals surface area contributed by atoms with Gasteiger partial charge in [-0.1, -0.05) is 12.1 Å². The Labute approximate surface area is 140 Å². The SMILES string of the molecule is CCOC(=O)C(C)(C)n1cc(NC(=O)Cc2ccc(N)cc2)cn1. The van der Waals surface area contributed by atoms with Crippen molar-refractivity contribution in [1.82, 2.24) is 9.78 Å². The third-order valence-corrected chi connectivity index (χ3v) is 3.56. The second kappa shape index (κ2) is 7.16. The van der Waals surface area contributed by atoms with Gasteiger partial charge in [-0.2, -0.15) is 5.10 Å². The molecule has 7 nitrogen and oxygen atoms in total. The van der Waals surface area contributed by atoms with Crippen molar-refractivity contribution >= 4 is 23.3 Å². The molecule has 0 fully saturated rings. The van der Waals surface area contributed by atoms with Crippen LogP contribution in [0.3, 0.4) is 0 Å². The van der Waals surface area contributed by atoms with E-state index in [0.29, 0.717) is 18.0 Å². The molecule has 128 valence electrons. The van der Waals surface area contributed by atoms with Gasteiger partial charge in [-0.25, -0.2) is 4.79 Å². The highest BCUT2D eigenvalue weighted by molar-refractivity contribution is 5.92. The van der Waals surface area contributed by atoms with Gasteiger partial charge >= 0.3 is 5.97 Å². The summed E-state index contributed by atoms with van der Waals surface area (Å²) in [6, 6.07) is 7.12. The number of esters is 1. The van der Waals surface area contributed by atoms with Crippen LogP contribution in [0.15, 0.2) is 36.7 Å². The number of nitrogens with two attached hydrogens (primary N) is 1. The quantitative estimate of drug-likeness (QED) is 0.623. The fraction of sp³-hybridized carbons (Fsp3) is 0.353. The molecule has 3 N–H and O–H groups in total. The molecule has 1 aromatic heterocycles. The van der Waals surface area contributed by atoms with E-state index in [-0.39, 0.29) is 18.3 Å². The van der Waals surface area contributed by atoms with E-state index in [4.69, 9.17) is 10.5 Å². The molecule has 0 aliphatic carbocycles. The van der Waals surface area contributed by atoms with Gasteiger partial charge in [0, 0.05) is 11.9 Å². The third kappa shape index (κ3) is 4.13. The summed E-state index contributed by atoms with van der Waals surface area (Å²) in [5, 5.41) is 6.91. The number of nitrogens with zero attached hydrogens (tertiary/aromatic N) is 2. The summed E-state index contributed by atoms with van der Waals surface area (Å²) in [4.78, 5) is 24.1. The largest absolute Gasteiger partial charge is 0.464 e. The molecule has 0 spiro atoms. The van der Waals surface area contributed by atoms with Crippen molar-refractivity contribution in [2.45, 2.75) is 32.7 Å². The van der Waals surface area contributed by atoms with Gasteiger partial charge in [-0.3, -0.25) is 9.48 Å². The highest BCUT2D eigenvalue weighted by Gasteiger charge is 2.32. The summed E-state index contributed by atoms with van der Waals surface area (Å²) in [5.41, 5.74) is 6.71. The molecular weight excluding hydrogens is 308 g/mol. The molecular formula is C17H22N4O3. The van der Waals surface area contributed by atoms with E-state index < -0.39 is 5.54 Å². The molecule has 0 bridgehead atoms. The van der Waals surface area contributed by atoms with E-state index in [2.05, 4.69) is 10.4 Å². The third-order valence-electron chi connectivity index (χ3n) is 3.56. The number of rotatable bonds is 6. The molecule has 1 aromatic carbocycles. The molecule has 7 heteroatoms. The van der Waals surface area contributed by atoms with Crippen molar-refractivity contribution in [3.8, 4) is 0 Å². The van der Waals surface area contributed by atoms with Crippen LogP contribution in [-0.4, -0.2) is 28.3 Å². The summed E-state index contributed by atoms with van der Waals surface area (Å²) >= 11 is 0. The lowest BCUT2D eigenvalue weighted by atomic mass is 10.1. The van der Waals surface area contributed by atoms with Crippen molar-refractivity contribution in [3.05, 3.63) is 42.2 Å². The van der Waals surface area contributed by atoms with Gasteiger partial charge in [0.2, 0.25) is 5.91 Å². The summed E-state index contributed by atoms with van der Waals surface area (Å²) in [6.07, 6.45) is 3.34. The van der Waals surface area contributed by atoms with Crippen molar-refractivity contribution in [3.63, 3.8) is 0 Å². The van der Waals surface area contributed by atoms with Crippen molar-refractivity contribution in [2.24, 2.45) is 0 Å². The Morgan fingerprint density at radius 2 is 1.96 bits per heavy atom. The first kappa shape index (κ1) is 17.5. The highest BCUT2D eigenvalue weighted by Crippen LogP contribution is 2.19. The summed E-state index contributed by atoms with van der Waals surface area (Å²) in [6.45, 7) is 5.46. The van der Waals surface area contributed by atoms with Crippen LogP contribution in [0.4, 0.5) is 11.4 Å². The van der Waals surface area contributed by atoms with Gasteiger partial charge in [-0.05, 0) is 38.5 Å². The minimum Gasteiger partial charge on any atom is -0.464 e. The Morgan fingerprint density at radius 3 is 2.58 bits per heavy atom. The first-order chi connectivity index (χ1) is 11.3. The first-order valence-electron chi connectivity index (χ1n) is 7.69. The molecule has 0 radical (unpaired) electrons. The summed E-state index contributed by atoms with van der Waals surface area (Å²) in [7, 11) is 0. The number of amides is 1. The Kier molecular flexibility index (Phi) is 5.23. The molecule has 1 heterocycles. The molecule has 0 unspecified atom stereocenters. The summed E-state index contributed by atoms with van der Waals surface area (Å²) in [5.74, 6) is -0.555. The Bertz CT molecular complexity index is 720. The topological polar surface area (TPSA) is 99.2 Å². The first-order valence-corrected chi connectivity index (χ1v) is 7.69.